The molecule has 5 nitrogen and oxygen atoms in total. The molecule has 1 amide bonds. The summed E-state index contributed by atoms with van der Waals surface area (Å²) in [5.41, 5.74) is -0.402. The molecule has 1 aliphatic heterocycles. The average Bonchev–Trinajstić information content (AvgIpc) is 2.65. The molecule has 5 heteroatoms. The zero-order valence-electron chi connectivity index (χ0n) is 7.81. The minimum Gasteiger partial charge on any atom is -0.375 e. The third kappa shape index (κ3) is 1.57. The minimum atomic E-state index is -0.402. The number of piperidine rings is 1. The lowest BCUT2D eigenvalue weighted by Gasteiger charge is -2.25. The summed E-state index contributed by atoms with van der Waals surface area (Å²) in [7, 11) is 0. The Morgan fingerprint density at radius 3 is 2.57 bits per heavy atom. The van der Waals surface area contributed by atoms with Gasteiger partial charge in [0.15, 0.2) is 0 Å². The van der Waals surface area contributed by atoms with E-state index in [4.69, 9.17) is 4.52 Å². The number of carbonyl (C=O) groups excluding carboxylic acids is 1. The van der Waals surface area contributed by atoms with Crippen LogP contribution >= 0.6 is 0 Å². The number of amides is 1. The molecule has 0 bridgehead atoms. The van der Waals surface area contributed by atoms with Gasteiger partial charge in [-0.2, -0.15) is 0 Å². The molecule has 1 fully saturated rings. The molecule has 0 unspecified atom stereocenters. The van der Waals surface area contributed by atoms with E-state index in [1.807, 2.05) is 0 Å². The molecule has 76 valence electrons. The standard InChI is InChI=1S/C9H12N2O3/c12-8-4-7-14-11(8)9(13)10-5-2-1-3-6-10/h4,7H,1-3,5-6H2. The molecule has 2 heterocycles. The Morgan fingerprint density at radius 1 is 1.29 bits per heavy atom. The Bertz CT molecular complexity index is 373. The molecule has 1 aromatic heterocycles. The zero-order chi connectivity index (χ0) is 9.97. The fourth-order valence-corrected chi connectivity index (χ4v) is 1.62. The predicted molar refractivity (Wildman–Crippen MR) is 49.2 cm³/mol. The van der Waals surface area contributed by atoms with E-state index in [-0.39, 0.29) is 6.03 Å². The number of hydrogen-bond donors (Lipinski definition) is 0. The molecule has 0 N–H and O–H groups in total. The van der Waals surface area contributed by atoms with Crippen LogP contribution in [0.1, 0.15) is 19.3 Å². The molecule has 0 atom stereocenters. The fourth-order valence-electron chi connectivity index (χ4n) is 1.62. The number of carbonyl (C=O) groups is 1. The van der Waals surface area contributed by atoms with E-state index >= 15 is 0 Å². The van der Waals surface area contributed by atoms with E-state index in [1.54, 1.807) is 4.90 Å². The van der Waals surface area contributed by atoms with Crippen molar-refractivity contribution < 1.29 is 9.32 Å². The van der Waals surface area contributed by atoms with Crippen LogP contribution in [0.15, 0.2) is 21.6 Å². The Labute approximate surface area is 80.9 Å². The smallest absolute Gasteiger partial charge is 0.361 e. The zero-order valence-corrected chi connectivity index (χ0v) is 7.81. The molecule has 2 rings (SSSR count). The van der Waals surface area contributed by atoms with Crippen molar-refractivity contribution in [3.05, 3.63) is 22.7 Å². The number of nitrogens with zero attached hydrogens (tertiary/aromatic N) is 2. The maximum atomic E-state index is 11.7. The summed E-state index contributed by atoms with van der Waals surface area (Å²) in [5.74, 6) is 0. The molecule has 1 aromatic rings. The lowest BCUT2D eigenvalue weighted by molar-refractivity contribution is 0.158. The first-order valence-electron chi connectivity index (χ1n) is 4.75. The minimum absolute atomic E-state index is 0.347. The van der Waals surface area contributed by atoms with Crippen molar-refractivity contribution in [3.8, 4) is 0 Å². The highest BCUT2D eigenvalue weighted by atomic mass is 16.5. The number of likely N-dealkylation sites (tertiary alicyclic amines) is 1. The fraction of sp³-hybridized carbons (Fsp3) is 0.556. The normalized spacial score (nSPS) is 17.0. The van der Waals surface area contributed by atoms with Gasteiger partial charge in [0.25, 0.3) is 5.56 Å². The highest BCUT2D eigenvalue weighted by Crippen LogP contribution is 2.09. The first-order valence-corrected chi connectivity index (χ1v) is 4.75. The Kier molecular flexibility index (Phi) is 2.39. The third-order valence-corrected chi connectivity index (χ3v) is 2.38. The highest BCUT2D eigenvalue weighted by Gasteiger charge is 2.20. The topological polar surface area (TPSA) is 55.5 Å². The SMILES string of the molecule is O=C(N1CCCCC1)n1occc1=O. The van der Waals surface area contributed by atoms with Crippen LogP contribution in [-0.4, -0.2) is 28.8 Å². The molecule has 0 spiro atoms. The lowest BCUT2D eigenvalue weighted by Crippen LogP contribution is -2.41. The van der Waals surface area contributed by atoms with Crippen molar-refractivity contribution in [1.82, 2.24) is 9.64 Å². The lowest BCUT2D eigenvalue weighted by atomic mass is 10.1. The summed E-state index contributed by atoms with van der Waals surface area (Å²) >= 11 is 0. The average molecular weight is 196 g/mol. The van der Waals surface area contributed by atoms with Crippen LogP contribution in [0.4, 0.5) is 4.79 Å². The third-order valence-electron chi connectivity index (χ3n) is 2.38. The van der Waals surface area contributed by atoms with E-state index in [2.05, 4.69) is 0 Å². The van der Waals surface area contributed by atoms with Crippen molar-refractivity contribution in [2.24, 2.45) is 0 Å². The van der Waals surface area contributed by atoms with Gasteiger partial charge in [0.05, 0.1) is 0 Å². The Balaban J connectivity index is 2.15. The summed E-state index contributed by atoms with van der Waals surface area (Å²) in [6, 6.07) is 0.890. The Morgan fingerprint density at radius 2 is 2.00 bits per heavy atom. The first kappa shape index (κ1) is 9.05. The van der Waals surface area contributed by atoms with E-state index in [0.29, 0.717) is 13.1 Å². The molecule has 0 radical (unpaired) electrons. The maximum Gasteiger partial charge on any atom is 0.361 e. The van der Waals surface area contributed by atoms with Crippen LogP contribution in [0.2, 0.25) is 0 Å². The van der Waals surface area contributed by atoms with Crippen LogP contribution in [-0.2, 0) is 0 Å². The van der Waals surface area contributed by atoms with Crippen molar-refractivity contribution in [2.75, 3.05) is 13.1 Å². The summed E-state index contributed by atoms with van der Waals surface area (Å²) in [6.07, 6.45) is 4.38. The quantitative estimate of drug-likeness (QED) is 0.619. The maximum absolute atomic E-state index is 11.7. The molecule has 1 aliphatic rings. The predicted octanol–water partition coefficient (Wildman–Crippen LogP) is 0.895. The number of hydrogen-bond acceptors (Lipinski definition) is 3. The van der Waals surface area contributed by atoms with Gasteiger partial charge < -0.3 is 9.42 Å². The first-order chi connectivity index (χ1) is 6.79. The van der Waals surface area contributed by atoms with Crippen molar-refractivity contribution in [1.29, 1.82) is 0 Å². The van der Waals surface area contributed by atoms with Gasteiger partial charge in [-0.05, 0) is 19.3 Å². The van der Waals surface area contributed by atoms with Gasteiger partial charge in [-0.3, -0.25) is 4.79 Å². The molecule has 0 aromatic carbocycles. The van der Waals surface area contributed by atoms with Crippen LogP contribution in [0.3, 0.4) is 0 Å². The molecule has 14 heavy (non-hydrogen) atoms. The summed E-state index contributed by atoms with van der Waals surface area (Å²) in [4.78, 5) is 24.4. The van der Waals surface area contributed by atoms with E-state index in [9.17, 15) is 9.59 Å². The second-order valence-corrected chi connectivity index (χ2v) is 3.37. The van der Waals surface area contributed by atoms with E-state index < -0.39 is 5.56 Å². The van der Waals surface area contributed by atoms with Crippen LogP contribution in [0.25, 0.3) is 0 Å². The van der Waals surface area contributed by atoms with Crippen LogP contribution < -0.4 is 5.56 Å². The van der Waals surface area contributed by atoms with Crippen molar-refractivity contribution in [3.63, 3.8) is 0 Å². The second kappa shape index (κ2) is 3.69. The van der Waals surface area contributed by atoms with Crippen molar-refractivity contribution in [2.45, 2.75) is 19.3 Å². The largest absolute Gasteiger partial charge is 0.375 e. The van der Waals surface area contributed by atoms with Gasteiger partial charge in [-0.15, -0.1) is 0 Å². The summed E-state index contributed by atoms with van der Waals surface area (Å²) in [6.45, 7) is 1.43. The summed E-state index contributed by atoms with van der Waals surface area (Å²) < 4.78 is 5.59. The molecule has 0 aliphatic carbocycles. The molecular weight excluding hydrogens is 184 g/mol. The van der Waals surface area contributed by atoms with Gasteiger partial charge in [-0.1, -0.05) is 4.74 Å². The monoisotopic (exact) mass is 196 g/mol. The Hall–Kier alpha value is -1.52. The van der Waals surface area contributed by atoms with Crippen LogP contribution in [0.5, 0.6) is 0 Å². The second-order valence-electron chi connectivity index (χ2n) is 3.37. The molecule has 0 saturated carbocycles. The summed E-state index contributed by atoms with van der Waals surface area (Å²) in [5, 5.41) is 0. The molecular formula is C9H12N2O3. The van der Waals surface area contributed by atoms with Gasteiger partial charge in [-0.25, -0.2) is 4.79 Å². The van der Waals surface area contributed by atoms with Crippen molar-refractivity contribution >= 4 is 6.03 Å². The van der Waals surface area contributed by atoms with Gasteiger partial charge >= 0.3 is 6.03 Å². The van der Waals surface area contributed by atoms with Gasteiger partial charge in [0.2, 0.25) is 0 Å². The van der Waals surface area contributed by atoms with E-state index in [0.717, 1.165) is 24.0 Å². The number of aromatic nitrogens is 1. The molecule has 1 saturated heterocycles. The van der Waals surface area contributed by atoms with Crippen LogP contribution in [0, 0.1) is 0 Å². The van der Waals surface area contributed by atoms with E-state index in [1.165, 1.54) is 12.3 Å². The van der Waals surface area contributed by atoms with Gasteiger partial charge in [0.1, 0.15) is 6.26 Å². The highest BCUT2D eigenvalue weighted by molar-refractivity contribution is 5.75. The van der Waals surface area contributed by atoms with Gasteiger partial charge in [0, 0.05) is 19.2 Å². The number of rotatable bonds is 0.